The molecule has 1 aromatic carbocycles. The van der Waals surface area contributed by atoms with Crippen molar-refractivity contribution in [2.24, 2.45) is 5.92 Å². The third-order valence-electron chi connectivity index (χ3n) is 3.09. The molecule has 1 rings (SSSR count). The van der Waals surface area contributed by atoms with E-state index in [1.807, 2.05) is 6.92 Å². The highest BCUT2D eigenvalue weighted by atomic mass is 16.4. The van der Waals surface area contributed by atoms with Crippen LogP contribution in [-0.2, 0) is 11.2 Å². The summed E-state index contributed by atoms with van der Waals surface area (Å²) in [5.74, 6) is -0.542. The van der Waals surface area contributed by atoms with E-state index in [-0.39, 0.29) is 12.3 Å². The Morgan fingerprint density at radius 2 is 2.11 bits per heavy atom. The van der Waals surface area contributed by atoms with E-state index in [1.54, 1.807) is 0 Å². The van der Waals surface area contributed by atoms with Crippen molar-refractivity contribution in [2.75, 3.05) is 13.1 Å². The maximum Gasteiger partial charge on any atom is 0.303 e. The fraction of sp³-hybridized carbons (Fsp3) is 0.533. The Morgan fingerprint density at radius 3 is 2.78 bits per heavy atom. The molecule has 0 spiro atoms. The maximum atomic E-state index is 10.5. The second kappa shape index (κ2) is 7.17. The molecular weight excluding hydrogens is 226 g/mol. The number of nitrogens with one attached hydrogen (secondary N) is 1. The summed E-state index contributed by atoms with van der Waals surface area (Å²) in [5.41, 5.74) is 3.98. The second-order valence-corrected chi connectivity index (χ2v) is 5.09. The molecule has 0 aliphatic heterocycles. The van der Waals surface area contributed by atoms with E-state index in [0.29, 0.717) is 0 Å². The zero-order valence-corrected chi connectivity index (χ0v) is 11.5. The van der Waals surface area contributed by atoms with Crippen LogP contribution in [0.15, 0.2) is 18.2 Å². The van der Waals surface area contributed by atoms with E-state index in [2.05, 4.69) is 37.4 Å². The highest BCUT2D eigenvalue weighted by Crippen LogP contribution is 2.10. The SMILES string of the molecule is Cc1ccc(C)c(CCNCC(C)CC(=O)O)c1. The van der Waals surface area contributed by atoms with E-state index in [0.717, 1.165) is 19.5 Å². The average Bonchev–Trinajstić information content (AvgIpc) is 2.28. The minimum atomic E-state index is -0.723. The standard InChI is InChI=1S/C15H23NO2/c1-11-4-5-13(3)14(8-11)6-7-16-10-12(2)9-15(17)18/h4-5,8,12,16H,6-7,9-10H2,1-3H3,(H,17,18). The van der Waals surface area contributed by atoms with Gasteiger partial charge in [-0.1, -0.05) is 30.7 Å². The van der Waals surface area contributed by atoms with Crippen molar-refractivity contribution in [2.45, 2.75) is 33.6 Å². The summed E-state index contributed by atoms with van der Waals surface area (Å²) >= 11 is 0. The molecule has 0 aliphatic carbocycles. The van der Waals surface area contributed by atoms with E-state index in [4.69, 9.17) is 5.11 Å². The van der Waals surface area contributed by atoms with Gasteiger partial charge in [0.2, 0.25) is 0 Å². The minimum absolute atomic E-state index is 0.182. The Balaban J connectivity index is 2.29. The van der Waals surface area contributed by atoms with Gasteiger partial charge >= 0.3 is 5.97 Å². The number of hydrogen-bond acceptors (Lipinski definition) is 2. The maximum absolute atomic E-state index is 10.5. The van der Waals surface area contributed by atoms with Crippen LogP contribution in [0.3, 0.4) is 0 Å². The molecule has 0 saturated carbocycles. The van der Waals surface area contributed by atoms with Crippen LogP contribution in [0.2, 0.25) is 0 Å². The quantitative estimate of drug-likeness (QED) is 0.730. The summed E-state index contributed by atoms with van der Waals surface area (Å²) in [5, 5.41) is 12.0. The van der Waals surface area contributed by atoms with E-state index < -0.39 is 5.97 Å². The van der Waals surface area contributed by atoms with Crippen molar-refractivity contribution < 1.29 is 9.90 Å². The molecule has 2 N–H and O–H groups in total. The van der Waals surface area contributed by atoms with Gasteiger partial charge in [0.1, 0.15) is 0 Å². The van der Waals surface area contributed by atoms with Crippen LogP contribution >= 0.6 is 0 Å². The summed E-state index contributed by atoms with van der Waals surface area (Å²) in [6.07, 6.45) is 1.23. The highest BCUT2D eigenvalue weighted by molar-refractivity contribution is 5.66. The van der Waals surface area contributed by atoms with Gasteiger partial charge in [-0.25, -0.2) is 0 Å². The van der Waals surface area contributed by atoms with Crippen LogP contribution in [0.5, 0.6) is 0 Å². The third kappa shape index (κ3) is 5.32. The van der Waals surface area contributed by atoms with Crippen LogP contribution in [0.4, 0.5) is 0 Å². The van der Waals surface area contributed by atoms with Crippen molar-refractivity contribution in [1.82, 2.24) is 5.32 Å². The van der Waals surface area contributed by atoms with Crippen LogP contribution in [-0.4, -0.2) is 24.2 Å². The second-order valence-electron chi connectivity index (χ2n) is 5.09. The lowest BCUT2D eigenvalue weighted by Gasteiger charge is -2.11. The smallest absolute Gasteiger partial charge is 0.303 e. The number of hydrogen-bond donors (Lipinski definition) is 2. The predicted molar refractivity (Wildman–Crippen MR) is 73.9 cm³/mol. The molecule has 0 bridgehead atoms. The van der Waals surface area contributed by atoms with E-state index in [1.165, 1.54) is 16.7 Å². The summed E-state index contributed by atoms with van der Waals surface area (Å²) in [7, 11) is 0. The van der Waals surface area contributed by atoms with Crippen molar-refractivity contribution in [3.8, 4) is 0 Å². The molecule has 0 aromatic heterocycles. The lowest BCUT2D eigenvalue weighted by Crippen LogP contribution is -2.25. The molecule has 1 aromatic rings. The molecule has 3 nitrogen and oxygen atoms in total. The number of aryl methyl sites for hydroxylation is 2. The zero-order valence-electron chi connectivity index (χ0n) is 11.5. The van der Waals surface area contributed by atoms with Gasteiger partial charge in [0, 0.05) is 6.42 Å². The summed E-state index contributed by atoms with van der Waals surface area (Å²) < 4.78 is 0. The third-order valence-corrected chi connectivity index (χ3v) is 3.09. The number of benzene rings is 1. The monoisotopic (exact) mass is 249 g/mol. The Labute approximate surface area is 109 Å². The largest absolute Gasteiger partial charge is 0.481 e. The molecule has 1 atom stereocenters. The zero-order chi connectivity index (χ0) is 13.5. The van der Waals surface area contributed by atoms with Crippen LogP contribution in [0, 0.1) is 19.8 Å². The van der Waals surface area contributed by atoms with E-state index >= 15 is 0 Å². The summed E-state index contributed by atoms with van der Waals surface area (Å²) in [4.78, 5) is 10.5. The van der Waals surface area contributed by atoms with Crippen molar-refractivity contribution in [3.63, 3.8) is 0 Å². The van der Waals surface area contributed by atoms with E-state index in [9.17, 15) is 4.79 Å². The molecule has 0 amide bonds. The van der Waals surface area contributed by atoms with Gasteiger partial charge in [0.05, 0.1) is 0 Å². The molecule has 0 fully saturated rings. The summed E-state index contributed by atoms with van der Waals surface area (Å²) in [6, 6.07) is 6.50. The number of aliphatic carboxylic acids is 1. The lowest BCUT2D eigenvalue weighted by atomic mass is 10.0. The fourth-order valence-corrected chi connectivity index (χ4v) is 2.01. The first kappa shape index (κ1) is 14.7. The number of rotatable bonds is 7. The van der Waals surface area contributed by atoms with Gasteiger partial charge in [0.15, 0.2) is 0 Å². The first-order valence-corrected chi connectivity index (χ1v) is 6.47. The van der Waals surface area contributed by atoms with Gasteiger partial charge in [-0.15, -0.1) is 0 Å². The van der Waals surface area contributed by atoms with Gasteiger partial charge in [-0.2, -0.15) is 0 Å². The van der Waals surface area contributed by atoms with Crippen LogP contribution in [0.25, 0.3) is 0 Å². The van der Waals surface area contributed by atoms with Crippen molar-refractivity contribution in [3.05, 3.63) is 34.9 Å². The Bertz CT molecular complexity index is 401. The Morgan fingerprint density at radius 1 is 1.39 bits per heavy atom. The highest BCUT2D eigenvalue weighted by Gasteiger charge is 2.06. The molecule has 1 unspecified atom stereocenters. The number of carbonyl (C=O) groups is 1. The van der Waals surface area contributed by atoms with Gasteiger partial charge in [-0.3, -0.25) is 4.79 Å². The van der Waals surface area contributed by atoms with Crippen molar-refractivity contribution >= 4 is 5.97 Å². The normalized spacial score (nSPS) is 12.4. The number of carboxylic acids is 1. The number of carboxylic acid groups (broad SMARTS) is 1. The first-order valence-electron chi connectivity index (χ1n) is 6.47. The van der Waals surface area contributed by atoms with Gasteiger partial charge < -0.3 is 10.4 Å². The molecule has 100 valence electrons. The Hall–Kier alpha value is -1.35. The van der Waals surface area contributed by atoms with Gasteiger partial charge in [-0.05, 0) is 50.4 Å². The molecular formula is C15H23NO2. The van der Waals surface area contributed by atoms with Crippen LogP contribution < -0.4 is 5.32 Å². The molecule has 0 heterocycles. The lowest BCUT2D eigenvalue weighted by molar-refractivity contribution is -0.137. The Kier molecular flexibility index (Phi) is 5.86. The predicted octanol–water partition coefficient (Wildman–Crippen LogP) is 2.55. The minimum Gasteiger partial charge on any atom is -0.481 e. The fourth-order valence-electron chi connectivity index (χ4n) is 2.01. The van der Waals surface area contributed by atoms with Gasteiger partial charge in [0.25, 0.3) is 0 Å². The molecule has 18 heavy (non-hydrogen) atoms. The average molecular weight is 249 g/mol. The summed E-state index contributed by atoms with van der Waals surface area (Å²) in [6.45, 7) is 7.84. The molecule has 0 aliphatic rings. The van der Waals surface area contributed by atoms with Crippen LogP contribution in [0.1, 0.15) is 30.0 Å². The molecule has 3 heteroatoms. The first-order chi connectivity index (χ1) is 8.49. The molecule has 0 radical (unpaired) electrons. The molecule has 0 saturated heterocycles. The topological polar surface area (TPSA) is 49.3 Å². The van der Waals surface area contributed by atoms with Crippen molar-refractivity contribution in [1.29, 1.82) is 0 Å².